The lowest BCUT2D eigenvalue weighted by Crippen LogP contribution is -2.50. The molecule has 0 bridgehead atoms. The predicted octanol–water partition coefficient (Wildman–Crippen LogP) is 4.65. The van der Waals surface area contributed by atoms with Crippen LogP contribution in [0, 0.1) is 0 Å². The van der Waals surface area contributed by atoms with E-state index in [1.54, 1.807) is 0 Å². The van der Waals surface area contributed by atoms with Crippen LogP contribution in [0.3, 0.4) is 0 Å². The Morgan fingerprint density at radius 1 is 0.903 bits per heavy atom. The van der Waals surface area contributed by atoms with Crippen molar-refractivity contribution in [1.29, 1.82) is 0 Å². The number of thioether (sulfide) groups is 1. The van der Waals surface area contributed by atoms with Crippen LogP contribution in [0.25, 0.3) is 17.7 Å². The van der Waals surface area contributed by atoms with Crippen molar-refractivity contribution in [2.45, 2.75) is 18.9 Å². The highest BCUT2D eigenvalue weighted by Crippen LogP contribution is 2.39. The second-order valence-corrected chi connectivity index (χ2v) is 9.08. The molecule has 1 aliphatic carbocycles. The van der Waals surface area contributed by atoms with Gasteiger partial charge >= 0.3 is 6.09 Å². The molecule has 3 aliphatic rings. The smallest absolute Gasteiger partial charge is 0.408 e. The average Bonchev–Trinajstić information content (AvgIpc) is 3.23. The summed E-state index contributed by atoms with van der Waals surface area (Å²) in [5, 5.41) is 9.38. The summed E-state index contributed by atoms with van der Waals surface area (Å²) >= 11 is 1.50. The van der Waals surface area contributed by atoms with E-state index < -0.39 is 12.1 Å². The predicted molar refractivity (Wildman–Crippen MR) is 125 cm³/mol. The van der Waals surface area contributed by atoms with Gasteiger partial charge < -0.3 is 10.0 Å². The lowest BCUT2D eigenvalue weighted by atomic mass is 9.86. The van der Waals surface area contributed by atoms with Crippen molar-refractivity contribution < 1.29 is 14.7 Å². The van der Waals surface area contributed by atoms with Gasteiger partial charge in [0, 0.05) is 18.8 Å². The van der Waals surface area contributed by atoms with Gasteiger partial charge in [-0.2, -0.15) is 0 Å². The lowest BCUT2D eigenvalue weighted by molar-refractivity contribution is -0.135. The van der Waals surface area contributed by atoms with Crippen LogP contribution in [0.15, 0.2) is 54.1 Å². The molecular weight excluding hydrogens is 408 g/mol. The number of rotatable bonds is 1. The van der Waals surface area contributed by atoms with Gasteiger partial charge in [0.2, 0.25) is 5.91 Å². The van der Waals surface area contributed by atoms with E-state index in [9.17, 15) is 14.7 Å². The Hall–Kier alpha value is -2.99. The fourth-order valence-corrected chi connectivity index (χ4v) is 5.88. The van der Waals surface area contributed by atoms with Gasteiger partial charge in [0.05, 0.1) is 5.88 Å². The van der Waals surface area contributed by atoms with E-state index in [4.69, 9.17) is 0 Å². The van der Waals surface area contributed by atoms with Crippen molar-refractivity contribution in [1.82, 2.24) is 9.80 Å². The second-order valence-electron chi connectivity index (χ2n) is 8.08. The van der Waals surface area contributed by atoms with Crippen molar-refractivity contribution in [3.05, 3.63) is 76.4 Å². The molecular formula is C25H24N2O3S. The Morgan fingerprint density at radius 2 is 1.48 bits per heavy atom. The molecule has 2 aromatic carbocycles. The Morgan fingerprint density at radius 3 is 2.06 bits per heavy atom. The maximum atomic E-state index is 13.0. The van der Waals surface area contributed by atoms with Crippen LogP contribution in [0.2, 0.25) is 0 Å². The van der Waals surface area contributed by atoms with Crippen molar-refractivity contribution in [3.63, 3.8) is 0 Å². The van der Waals surface area contributed by atoms with Gasteiger partial charge in [0.25, 0.3) is 0 Å². The number of nitrogens with zero attached hydrogens (tertiary/aromatic N) is 2. The van der Waals surface area contributed by atoms with Crippen LogP contribution in [-0.2, 0) is 4.79 Å². The van der Waals surface area contributed by atoms with Gasteiger partial charge in [0.1, 0.15) is 6.04 Å². The maximum Gasteiger partial charge on any atom is 0.408 e. The molecule has 1 atom stereocenters. The minimum atomic E-state index is -1.01. The Kier molecular flexibility index (Phi) is 5.32. The Bertz CT molecular complexity index is 1050. The second kappa shape index (κ2) is 8.27. The number of hydrogen-bond donors (Lipinski definition) is 1. The molecule has 0 aromatic heterocycles. The number of carbonyl (C=O) groups is 2. The molecule has 31 heavy (non-hydrogen) atoms. The van der Waals surface area contributed by atoms with E-state index in [1.165, 1.54) is 50.1 Å². The molecule has 2 heterocycles. The zero-order chi connectivity index (χ0) is 21.4. The highest BCUT2D eigenvalue weighted by Gasteiger charge is 2.38. The largest absolute Gasteiger partial charge is 0.465 e. The van der Waals surface area contributed by atoms with Crippen LogP contribution in [0.5, 0.6) is 0 Å². The van der Waals surface area contributed by atoms with Gasteiger partial charge in [-0.25, -0.2) is 4.79 Å². The summed E-state index contributed by atoms with van der Waals surface area (Å²) in [6, 6.07) is 16.4. The Labute approximate surface area is 186 Å². The molecule has 6 heteroatoms. The van der Waals surface area contributed by atoms with Crippen molar-refractivity contribution in [2.24, 2.45) is 0 Å². The SMILES string of the molecule is O=C([C@H]1CSCN1C(=O)O)N1CCC(=C2c3ccccc3C=Cc3ccccc32)CC1. The molecule has 2 aliphatic heterocycles. The van der Waals surface area contributed by atoms with Gasteiger partial charge in [0.15, 0.2) is 0 Å². The standard InChI is InChI=1S/C25H24N2O3S/c28-24(22-15-31-16-27(22)25(29)30)26-13-11-19(12-14-26)23-20-7-3-1-5-17(20)9-10-18-6-2-4-8-21(18)23/h1-10,22H,11-16H2,(H,29,30)/t22-/m1/s1. The van der Waals surface area contributed by atoms with Crippen LogP contribution in [0.1, 0.15) is 35.1 Å². The van der Waals surface area contributed by atoms with Crippen LogP contribution in [-0.4, -0.2) is 57.7 Å². The average molecular weight is 433 g/mol. The molecule has 158 valence electrons. The first-order chi connectivity index (χ1) is 15.1. The summed E-state index contributed by atoms with van der Waals surface area (Å²) in [4.78, 5) is 27.6. The molecule has 2 amide bonds. The zero-order valence-corrected chi connectivity index (χ0v) is 18.0. The van der Waals surface area contributed by atoms with Gasteiger partial charge in [-0.1, -0.05) is 66.3 Å². The monoisotopic (exact) mass is 432 g/mol. The van der Waals surface area contributed by atoms with E-state index in [-0.39, 0.29) is 5.91 Å². The molecule has 1 N–H and O–H groups in total. The molecule has 0 spiro atoms. The quantitative estimate of drug-likeness (QED) is 0.608. The highest BCUT2D eigenvalue weighted by molar-refractivity contribution is 7.99. The topological polar surface area (TPSA) is 60.9 Å². The lowest BCUT2D eigenvalue weighted by Gasteiger charge is -2.33. The molecule has 0 radical (unpaired) electrons. The van der Waals surface area contributed by atoms with Crippen LogP contribution < -0.4 is 0 Å². The third-order valence-electron chi connectivity index (χ3n) is 6.35. The van der Waals surface area contributed by atoms with Gasteiger partial charge in [-0.05, 0) is 40.7 Å². The molecule has 2 fully saturated rings. The normalized spacial score (nSPS) is 20.3. The minimum Gasteiger partial charge on any atom is -0.465 e. The summed E-state index contributed by atoms with van der Waals surface area (Å²) in [7, 11) is 0. The number of carboxylic acid groups (broad SMARTS) is 1. The van der Waals surface area contributed by atoms with E-state index in [0.29, 0.717) is 24.7 Å². The fourth-order valence-electron chi connectivity index (χ4n) is 4.74. The fraction of sp³-hybridized carbons (Fsp3) is 0.280. The first-order valence-corrected chi connectivity index (χ1v) is 11.7. The number of likely N-dealkylation sites (tertiary alicyclic amines) is 1. The summed E-state index contributed by atoms with van der Waals surface area (Å²) in [6.07, 6.45) is 4.95. The zero-order valence-electron chi connectivity index (χ0n) is 17.2. The number of amides is 2. The molecule has 5 rings (SSSR count). The highest BCUT2D eigenvalue weighted by atomic mass is 32.2. The molecule has 2 aromatic rings. The first-order valence-electron chi connectivity index (χ1n) is 10.6. The van der Waals surface area contributed by atoms with Crippen molar-refractivity contribution in [2.75, 3.05) is 24.7 Å². The number of carbonyl (C=O) groups excluding carboxylic acids is 1. The molecule has 2 saturated heterocycles. The van der Waals surface area contributed by atoms with Crippen molar-refractivity contribution in [3.8, 4) is 0 Å². The summed E-state index contributed by atoms with van der Waals surface area (Å²) in [5.74, 6) is 0.858. The van der Waals surface area contributed by atoms with E-state index in [0.717, 1.165) is 12.8 Å². The van der Waals surface area contributed by atoms with E-state index in [1.807, 2.05) is 4.90 Å². The third-order valence-corrected chi connectivity index (χ3v) is 7.36. The van der Waals surface area contributed by atoms with Crippen LogP contribution in [0.4, 0.5) is 4.79 Å². The number of benzene rings is 2. The van der Waals surface area contributed by atoms with Gasteiger partial charge in [-0.15, -0.1) is 11.8 Å². The number of hydrogen-bond acceptors (Lipinski definition) is 3. The molecule has 5 nitrogen and oxygen atoms in total. The van der Waals surface area contributed by atoms with Crippen LogP contribution >= 0.6 is 11.8 Å². The summed E-state index contributed by atoms with van der Waals surface area (Å²) in [6.45, 7) is 1.26. The maximum absolute atomic E-state index is 13.0. The number of fused-ring (bicyclic) bond motifs is 2. The summed E-state index contributed by atoms with van der Waals surface area (Å²) in [5.41, 5.74) is 7.54. The molecule has 0 unspecified atom stereocenters. The molecule has 0 saturated carbocycles. The number of piperidine rings is 1. The van der Waals surface area contributed by atoms with E-state index >= 15 is 0 Å². The minimum absolute atomic E-state index is 0.0558. The third kappa shape index (κ3) is 3.65. The van der Waals surface area contributed by atoms with E-state index in [2.05, 4.69) is 60.7 Å². The van der Waals surface area contributed by atoms with Gasteiger partial charge in [-0.3, -0.25) is 9.69 Å². The first kappa shape index (κ1) is 19.9. The Balaban J connectivity index is 1.45. The van der Waals surface area contributed by atoms with Crippen molar-refractivity contribution >= 4 is 41.5 Å². The summed E-state index contributed by atoms with van der Waals surface area (Å²) < 4.78 is 0.